The molecule has 0 saturated heterocycles. The van der Waals surface area contributed by atoms with Crippen molar-refractivity contribution in [1.29, 1.82) is 0 Å². The van der Waals surface area contributed by atoms with Gasteiger partial charge in [0.25, 0.3) is 0 Å². The lowest BCUT2D eigenvalue weighted by Gasteiger charge is -1.90. The smallest absolute Gasteiger partial charge is 0.103 e. The third-order valence-electron chi connectivity index (χ3n) is 1.21. The van der Waals surface area contributed by atoms with Gasteiger partial charge in [-0.1, -0.05) is 12.2 Å². The first-order chi connectivity index (χ1) is 6.64. The van der Waals surface area contributed by atoms with Gasteiger partial charge in [-0.15, -0.1) is 12.8 Å². The predicted molar refractivity (Wildman–Crippen MR) is 69.0 cm³/mol. The Morgan fingerprint density at radius 3 is 1.21 bits per heavy atom. The second-order valence-corrected chi connectivity index (χ2v) is 2.66. The fourth-order valence-corrected chi connectivity index (χ4v) is 0.125. The molecular weight excluding hydrogens is 168 g/mol. The Balaban J connectivity index is -0.000000135. The van der Waals surface area contributed by atoms with Crippen molar-refractivity contribution in [1.82, 2.24) is 0 Å². The fraction of sp³-hybridized carbons (Fsp3) is 0.429. The van der Waals surface area contributed by atoms with Gasteiger partial charge in [0.05, 0.1) is 33.6 Å². The Morgan fingerprint density at radius 2 is 1.21 bits per heavy atom. The summed E-state index contributed by atoms with van der Waals surface area (Å²) in [6.07, 6.45) is 5.48. The highest BCUT2D eigenvalue weighted by molar-refractivity contribution is 4.95. The quantitative estimate of drug-likeness (QED) is 0.443. The molecule has 0 aromatic heterocycles. The Kier molecular flexibility index (Phi) is 31.0. The van der Waals surface area contributed by atoms with E-state index in [9.17, 15) is 0 Å². The van der Waals surface area contributed by atoms with Gasteiger partial charge >= 0.3 is 0 Å². The van der Waals surface area contributed by atoms with E-state index in [1.54, 1.807) is 0 Å². The van der Waals surface area contributed by atoms with Crippen LogP contribution in [0.1, 0.15) is 38.5 Å². The van der Waals surface area contributed by atoms with Gasteiger partial charge in [0.15, 0.2) is 0 Å². The molecule has 0 N–H and O–H groups in total. The maximum Gasteiger partial charge on any atom is 0.103 e. The summed E-state index contributed by atoms with van der Waals surface area (Å²) in [5, 5.41) is 0. The monoisotopic (exact) mass is 194 g/mol. The van der Waals surface area contributed by atoms with E-state index in [1.165, 1.54) is 0 Å². The molecule has 0 nitrogen and oxygen atoms in total. The molecular formula is C14H26. The third-order valence-corrected chi connectivity index (χ3v) is 1.21. The van der Waals surface area contributed by atoms with Crippen LogP contribution in [0.25, 0.3) is 0 Å². The molecule has 0 heterocycles. The molecule has 0 fully saturated rings. The minimum absolute atomic E-state index is 0.823. The van der Waals surface area contributed by atoms with Crippen LogP contribution in [0.15, 0.2) is 12.2 Å². The van der Waals surface area contributed by atoms with Crippen LogP contribution in [0.5, 0.6) is 0 Å². The molecule has 0 spiro atoms. The molecule has 0 aromatic carbocycles. The molecule has 0 bridgehead atoms. The molecule has 0 saturated carbocycles. The van der Waals surface area contributed by atoms with Crippen LogP contribution in [0.4, 0.5) is 0 Å². The highest BCUT2D eigenvalue weighted by atomic mass is 13.8. The molecule has 0 radical (unpaired) electrons. The average Bonchev–Trinajstić information content (AvgIpc) is 2.28. The zero-order valence-electron chi connectivity index (χ0n) is 9.69. The highest BCUT2D eigenvalue weighted by Crippen LogP contribution is 1.97. The summed E-state index contributed by atoms with van der Waals surface area (Å²) in [4.78, 5) is 0. The average molecular weight is 194 g/mol. The second kappa shape index (κ2) is 22.8. The van der Waals surface area contributed by atoms with E-state index in [0.717, 1.165) is 44.1 Å². The summed E-state index contributed by atoms with van der Waals surface area (Å²) in [6, 6.07) is 0. The van der Waals surface area contributed by atoms with Crippen LogP contribution < -0.4 is 0 Å². The van der Waals surface area contributed by atoms with Gasteiger partial charge in [-0.2, -0.15) is 6.42 Å². The Labute approximate surface area is 92.8 Å². The van der Waals surface area contributed by atoms with Gasteiger partial charge in [-0.05, 0) is 0 Å². The van der Waals surface area contributed by atoms with Crippen molar-refractivity contribution < 1.29 is 0 Å². The second-order valence-electron chi connectivity index (χ2n) is 2.66. The van der Waals surface area contributed by atoms with Crippen molar-refractivity contribution in [3.05, 3.63) is 53.7 Å². The molecule has 0 heteroatoms. The molecule has 14 heavy (non-hydrogen) atoms. The number of hydrogen-bond donors (Lipinski definition) is 0. The van der Waals surface area contributed by atoms with Gasteiger partial charge in [-0.3, -0.25) is 0 Å². The zero-order valence-corrected chi connectivity index (χ0v) is 9.69. The van der Waals surface area contributed by atoms with E-state index in [4.69, 9.17) is 0 Å². The SMILES string of the molecule is C=C(C[CH2+])C[CH2-].[CH2+]CC[CH2-].[CH2+]CC[CH2-]. The van der Waals surface area contributed by atoms with E-state index >= 15 is 0 Å². The van der Waals surface area contributed by atoms with E-state index in [0.29, 0.717) is 0 Å². The molecule has 0 unspecified atom stereocenters. The van der Waals surface area contributed by atoms with Crippen LogP contribution in [-0.4, -0.2) is 0 Å². The number of allylic oxidation sites excluding steroid dienone is 1. The molecule has 0 aliphatic carbocycles. The van der Waals surface area contributed by atoms with Gasteiger partial charge in [0, 0.05) is 0 Å². The van der Waals surface area contributed by atoms with Crippen molar-refractivity contribution in [2.75, 3.05) is 0 Å². The first-order valence-corrected chi connectivity index (χ1v) is 5.06. The first kappa shape index (κ1) is 19.0. The van der Waals surface area contributed by atoms with Crippen molar-refractivity contribution >= 4 is 0 Å². The topological polar surface area (TPSA) is 0 Å². The maximum absolute atomic E-state index is 3.67. The number of unbranched alkanes of at least 4 members (excludes halogenated alkanes) is 2. The Morgan fingerprint density at radius 1 is 0.929 bits per heavy atom. The molecule has 0 aromatic rings. The Bertz CT molecular complexity index is 68.0. The van der Waals surface area contributed by atoms with E-state index in [2.05, 4.69) is 48.1 Å². The number of rotatable bonds is 4. The molecule has 0 aliphatic rings. The normalized spacial score (nSPS) is 7.64. The summed E-state index contributed by atoms with van der Waals surface area (Å²) in [5.74, 6) is 0. The lowest BCUT2D eigenvalue weighted by Crippen LogP contribution is -1.69. The standard InChI is InChI=1S/C6H10.2C4H8/c1-4-6(3)5-2;2*1-3-4-2/h1-5H2;2*1-4H2. The van der Waals surface area contributed by atoms with Crippen molar-refractivity contribution in [2.45, 2.75) is 38.5 Å². The van der Waals surface area contributed by atoms with Crippen molar-refractivity contribution in [3.63, 3.8) is 0 Å². The lowest BCUT2D eigenvalue weighted by atomic mass is 10.2. The van der Waals surface area contributed by atoms with Crippen LogP contribution in [0, 0.1) is 41.5 Å². The number of hydrogen-bond acceptors (Lipinski definition) is 0. The largest absolute Gasteiger partial charge is 0.339 e. The van der Waals surface area contributed by atoms with Gasteiger partial charge in [0.2, 0.25) is 0 Å². The Hall–Kier alpha value is -0.650. The molecule has 82 valence electrons. The van der Waals surface area contributed by atoms with E-state index in [1.807, 2.05) is 0 Å². The summed E-state index contributed by atoms with van der Waals surface area (Å²) in [7, 11) is 0. The minimum Gasteiger partial charge on any atom is -0.339 e. The summed E-state index contributed by atoms with van der Waals surface area (Å²) in [6.45, 7) is 25.1. The van der Waals surface area contributed by atoms with Gasteiger partial charge < -0.3 is 20.8 Å². The minimum atomic E-state index is 0.823. The molecule has 0 rings (SSSR count). The first-order valence-electron chi connectivity index (χ1n) is 5.06. The summed E-state index contributed by atoms with van der Waals surface area (Å²) < 4.78 is 0. The van der Waals surface area contributed by atoms with Crippen molar-refractivity contribution in [3.8, 4) is 0 Å². The van der Waals surface area contributed by atoms with E-state index < -0.39 is 0 Å². The summed E-state index contributed by atoms with van der Waals surface area (Å²) in [5.41, 5.74) is 1.12. The zero-order chi connectivity index (χ0) is 11.8. The van der Waals surface area contributed by atoms with Gasteiger partial charge in [0.1, 0.15) is 6.42 Å². The molecule has 0 amide bonds. The van der Waals surface area contributed by atoms with Crippen LogP contribution in [0.3, 0.4) is 0 Å². The van der Waals surface area contributed by atoms with E-state index in [-0.39, 0.29) is 0 Å². The molecule has 0 atom stereocenters. The fourth-order valence-electron chi connectivity index (χ4n) is 0.125. The van der Waals surface area contributed by atoms with Crippen LogP contribution >= 0.6 is 0 Å². The highest BCUT2D eigenvalue weighted by Gasteiger charge is 1.79. The van der Waals surface area contributed by atoms with Gasteiger partial charge in [-0.25, -0.2) is 0 Å². The van der Waals surface area contributed by atoms with Crippen LogP contribution in [-0.2, 0) is 0 Å². The summed E-state index contributed by atoms with van der Waals surface area (Å²) >= 11 is 0. The maximum atomic E-state index is 3.67. The lowest BCUT2D eigenvalue weighted by molar-refractivity contribution is 1.05. The van der Waals surface area contributed by atoms with Crippen LogP contribution in [0.2, 0.25) is 0 Å². The molecule has 0 aliphatic heterocycles. The third kappa shape index (κ3) is 42.5. The van der Waals surface area contributed by atoms with Crippen molar-refractivity contribution in [2.24, 2.45) is 0 Å². The predicted octanol–water partition coefficient (Wildman–Crippen LogP) is 4.86.